The van der Waals surface area contributed by atoms with E-state index in [4.69, 9.17) is 4.74 Å². The zero-order valence-corrected chi connectivity index (χ0v) is 9.38. The molecule has 1 aliphatic carbocycles. The predicted octanol–water partition coefficient (Wildman–Crippen LogP) is 1.86. The Labute approximate surface area is 86.2 Å². The molecule has 1 N–H and O–H groups in total. The van der Waals surface area contributed by atoms with Crippen LogP contribution in [-0.2, 0) is 9.53 Å². The number of esters is 1. The first-order chi connectivity index (χ1) is 6.58. The van der Waals surface area contributed by atoms with Crippen molar-refractivity contribution in [3.8, 4) is 0 Å². The molecular formula is C11H21NO2. The van der Waals surface area contributed by atoms with Gasteiger partial charge in [-0.25, -0.2) is 0 Å². The molecule has 3 heteroatoms. The van der Waals surface area contributed by atoms with Crippen molar-refractivity contribution < 1.29 is 9.53 Å². The summed E-state index contributed by atoms with van der Waals surface area (Å²) >= 11 is 0. The quantitative estimate of drug-likeness (QED) is 0.705. The van der Waals surface area contributed by atoms with E-state index in [1.54, 1.807) is 0 Å². The van der Waals surface area contributed by atoms with E-state index in [-0.39, 0.29) is 12.1 Å². The van der Waals surface area contributed by atoms with E-state index in [0.29, 0.717) is 12.1 Å². The predicted molar refractivity (Wildman–Crippen MR) is 56.1 cm³/mol. The third-order valence-electron chi connectivity index (χ3n) is 2.53. The first-order valence-corrected chi connectivity index (χ1v) is 5.51. The van der Waals surface area contributed by atoms with Gasteiger partial charge in [0.05, 0.1) is 0 Å². The molecule has 0 bridgehead atoms. The second-order valence-electron chi connectivity index (χ2n) is 4.42. The van der Waals surface area contributed by atoms with E-state index in [1.165, 1.54) is 13.3 Å². The standard InChI is InChI=1S/C11H21NO2/c1-8(2)12-10-5-4-6-11(7-10)14-9(3)13/h8,10-12H,4-7H2,1-3H3. The minimum Gasteiger partial charge on any atom is -0.463 e. The van der Waals surface area contributed by atoms with Gasteiger partial charge in [0.15, 0.2) is 0 Å². The SMILES string of the molecule is CC(=O)OC1CCCC(NC(C)C)C1. The van der Waals surface area contributed by atoms with Crippen LogP contribution in [0.5, 0.6) is 0 Å². The summed E-state index contributed by atoms with van der Waals surface area (Å²) in [4.78, 5) is 10.8. The number of nitrogens with one attached hydrogen (secondary N) is 1. The first kappa shape index (κ1) is 11.5. The van der Waals surface area contributed by atoms with Crippen LogP contribution in [0.25, 0.3) is 0 Å². The van der Waals surface area contributed by atoms with Crippen molar-refractivity contribution in [1.82, 2.24) is 5.32 Å². The van der Waals surface area contributed by atoms with Crippen LogP contribution in [0.1, 0.15) is 46.5 Å². The van der Waals surface area contributed by atoms with Crippen molar-refractivity contribution >= 4 is 5.97 Å². The number of hydrogen-bond donors (Lipinski definition) is 1. The van der Waals surface area contributed by atoms with Crippen LogP contribution >= 0.6 is 0 Å². The molecule has 0 spiro atoms. The van der Waals surface area contributed by atoms with E-state index in [1.807, 2.05) is 0 Å². The summed E-state index contributed by atoms with van der Waals surface area (Å²) in [5.74, 6) is -0.153. The van der Waals surface area contributed by atoms with Crippen LogP contribution in [0.2, 0.25) is 0 Å². The fourth-order valence-electron chi connectivity index (χ4n) is 2.11. The van der Waals surface area contributed by atoms with E-state index in [0.717, 1.165) is 19.3 Å². The summed E-state index contributed by atoms with van der Waals surface area (Å²) in [6.07, 6.45) is 4.49. The lowest BCUT2D eigenvalue weighted by Gasteiger charge is -2.30. The van der Waals surface area contributed by atoms with Crippen molar-refractivity contribution in [3.05, 3.63) is 0 Å². The zero-order chi connectivity index (χ0) is 10.6. The number of carbonyl (C=O) groups excluding carboxylic acids is 1. The van der Waals surface area contributed by atoms with Gasteiger partial charge in [0.1, 0.15) is 6.10 Å². The Bertz CT molecular complexity index is 192. The van der Waals surface area contributed by atoms with Crippen molar-refractivity contribution in [2.24, 2.45) is 0 Å². The molecule has 0 aromatic rings. The van der Waals surface area contributed by atoms with Gasteiger partial charge in [-0.15, -0.1) is 0 Å². The molecule has 0 radical (unpaired) electrons. The van der Waals surface area contributed by atoms with Gasteiger partial charge in [-0.3, -0.25) is 4.79 Å². The maximum Gasteiger partial charge on any atom is 0.302 e. The summed E-state index contributed by atoms with van der Waals surface area (Å²) in [6.45, 7) is 5.78. The molecule has 1 rings (SSSR count). The van der Waals surface area contributed by atoms with E-state index >= 15 is 0 Å². The molecule has 3 nitrogen and oxygen atoms in total. The molecule has 0 saturated heterocycles. The Morgan fingerprint density at radius 2 is 2.14 bits per heavy atom. The Hall–Kier alpha value is -0.570. The van der Waals surface area contributed by atoms with Crippen LogP contribution in [0.4, 0.5) is 0 Å². The third-order valence-corrected chi connectivity index (χ3v) is 2.53. The number of carbonyl (C=O) groups is 1. The average molecular weight is 199 g/mol. The largest absolute Gasteiger partial charge is 0.463 e. The zero-order valence-electron chi connectivity index (χ0n) is 9.38. The first-order valence-electron chi connectivity index (χ1n) is 5.51. The van der Waals surface area contributed by atoms with Crippen LogP contribution in [-0.4, -0.2) is 24.2 Å². The molecule has 2 atom stereocenters. The normalized spacial score (nSPS) is 27.7. The lowest BCUT2D eigenvalue weighted by Crippen LogP contribution is -2.40. The van der Waals surface area contributed by atoms with Crippen LogP contribution in [0, 0.1) is 0 Å². The minimum absolute atomic E-state index is 0.137. The highest BCUT2D eigenvalue weighted by molar-refractivity contribution is 5.66. The highest BCUT2D eigenvalue weighted by atomic mass is 16.5. The molecule has 0 aliphatic heterocycles. The Kier molecular flexibility index (Phi) is 4.39. The van der Waals surface area contributed by atoms with Gasteiger partial charge in [0.25, 0.3) is 0 Å². The molecule has 2 unspecified atom stereocenters. The van der Waals surface area contributed by atoms with Crippen molar-refractivity contribution in [1.29, 1.82) is 0 Å². The monoisotopic (exact) mass is 199 g/mol. The molecule has 14 heavy (non-hydrogen) atoms. The topological polar surface area (TPSA) is 38.3 Å². The Morgan fingerprint density at radius 1 is 1.43 bits per heavy atom. The summed E-state index contributed by atoms with van der Waals surface area (Å²) in [7, 11) is 0. The fraction of sp³-hybridized carbons (Fsp3) is 0.909. The van der Waals surface area contributed by atoms with Gasteiger partial charge in [-0.05, 0) is 25.7 Å². The van der Waals surface area contributed by atoms with Gasteiger partial charge >= 0.3 is 5.97 Å². The van der Waals surface area contributed by atoms with Crippen LogP contribution in [0.3, 0.4) is 0 Å². The van der Waals surface area contributed by atoms with Gasteiger partial charge < -0.3 is 10.1 Å². The summed E-state index contributed by atoms with van der Waals surface area (Å²) < 4.78 is 5.22. The van der Waals surface area contributed by atoms with E-state index in [9.17, 15) is 4.79 Å². The maximum absolute atomic E-state index is 10.8. The number of ether oxygens (including phenoxy) is 1. The van der Waals surface area contributed by atoms with Crippen molar-refractivity contribution in [2.75, 3.05) is 0 Å². The molecule has 0 aromatic heterocycles. The summed E-state index contributed by atoms with van der Waals surface area (Å²) in [5.41, 5.74) is 0. The number of rotatable bonds is 3. The highest BCUT2D eigenvalue weighted by Crippen LogP contribution is 2.21. The van der Waals surface area contributed by atoms with Gasteiger partial charge in [-0.2, -0.15) is 0 Å². The molecule has 1 aliphatic rings. The molecule has 1 fully saturated rings. The van der Waals surface area contributed by atoms with Gasteiger partial charge in [0.2, 0.25) is 0 Å². The number of hydrogen-bond acceptors (Lipinski definition) is 3. The summed E-state index contributed by atoms with van der Waals surface area (Å²) in [6, 6.07) is 1.03. The highest BCUT2D eigenvalue weighted by Gasteiger charge is 2.23. The molecule has 0 heterocycles. The molecular weight excluding hydrogens is 178 g/mol. The van der Waals surface area contributed by atoms with Gasteiger partial charge in [0, 0.05) is 19.0 Å². The average Bonchev–Trinajstić information content (AvgIpc) is 2.01. The lowest BCUT2D eigenvalue weighted by atomic mass is 9.92. The lowest BCUT2D eigenvalue weighted by molar-refractivity contribution is -0.148. The smallest absolute Gasteiger partial charge is 0.302 e. The van der Waals surface area contributed by atoms with Gasteiger partial charge in [-0.1, -0.05) is 13.8 Å². The maximum atomic E-state index is 10.8. The molecule has 0 aromatic carbocycles. The van der Waals surface area contributed by atoms with Crippen LogP contribution < -0.4 is 5.32 Å². The Morgan fingerprint density at radius 3 is 2.71 bits per heavy atom. The second kappa shape index (κ2) is 5.35. The second-order valence-corrected chi connectivity index (χ2v) is 4.42. The Balaban J connectivity index is 2.32. The van der Waals surface area contributed by atoms with E-state index in [2.05, 4.69) is 19.2 Å². The molecule has 0 amide bonds. The fourth-order valence-corrected chi connectivity index (χ4v) is 2.11. The van der Waals surface area contributed by atoms with Crippen molar-refractivity contribution in [2.45, 2.75) is 64.6 Å². The minimum atomic E-state index is -0.153. The van der Waals surface area contributed by atoms with E-state index < -0.39 is 0 Å². The third kappa shape index (κ3) is 4.09. The molecule has 1 saturated carbocycles. The van der Waals surface area contributed by atoms with Crippen molar-refractivity contribution in [3.63, 3.8) is 0 Å². The molecule has 82 valence electrons. The summed E-state index contributed by atoms with van der Waals surface area (Å²) in [5, 5.41) is 3.49. The van der Waals surface area contributed by atoms with Crippen LogP contribution in [0.15, 0.2) is 0 Å².